The van der Waals surface area contributed by atoms with E-state index in [-0.39, 0.29) is 18.1 Å². The molecular weight excluding hydrogens is 356 g/mol. The van der Waals surface area contributed by atoms with Gasteiger partial charge in [-0.1, -0.05) is 24.3 Å². The van der Waals surface area contributed by atoms with Gasteiger partial charge in [0.15, 0.2) is 0 Å². The Hall–Kier alpha value is -3.22. The Morgan fingerprint density at radius 3 is 2.54 bits per heavy atom. The summed E-state index contributed by atoms with van der Waals surface area (Å²) in [5.74, 6) is 0.670. The lowest BCUT2D eigenvalue weighted by atomic mass is 9.93. The van der Waals surface area contributed by atoms with Crippen molar-refractivity contribution in [2.24, 2.45) is 0 Å². The second kappa shape index (κ2) is 8.21. The number of fused-ring (bicyclic) bond motifs is 1. The molecule has 7 nitrogen and oxygen atoms in total. The average molecular weight is 378 g/mol. The summed E-state index contributed by atoms with van der Waals surface area (Å²) in [4.78, 5) is 25.3. The maximum atomic E-state index is 12.6. The highest BCUT2D eigenvalue weighted by Crippen LogP contribution is 2.27. The zero-order chi connectivity index (χ0) is 19.3. The molecule has 0 radical (unpaired) electrons. The fourth-order valence-electron chi connectivity index (χ4n) is 3.47. The van der Waals surface area contributed by atoms with Crippen LogP contribution in [0, 0.1) is 0 Å². The number of para-hydroxylation sites is 1. The van der Waals surface area contributed by atoms with E-state index in [0.717, 1.165) is 36.6 Å². The second-order valence-corrected chi connectivity index (χ2v) is 6.82. The molecule has 3 aromatic rings. The van der Waals surface area contributed by atoms with Crippen LogP contribution >= 0.6 is 0 Å². The van der Waals surface area contributed by atoms with Gasteiger partial charge in [-0.05, 0) is 37.8 Å². The maximum absolute atomic E-state index is 12.6. The lowest BCUT2D eigenvalue weighted by molar-refractivity contribution is 0.0882. The molecule has 0 saturated heterocycles. The van der Waals surface area contributed by atoms with Crippen molar-refractivity contribution in [2.75, 3.05) is 7.11 Å². The number of nitrogens with one attached hydrogen (secondary N) is 1. The number of ether oxygens (including phenoxy) is 2. The first-order valence-corrected chi connectivity index (χ1v) is 9.41. The summed E-state index contributed by atoms with van der Waals surface area (Å²) in [5, 5.41) is 4.12. The third-order valence-corrected chi connectivity index (χ3v) is 4.95. The molecule has 1 aliphatic rings. The summed E-state index contributed by atoms with van der Waals surface area (Å²) < 4.78 is 11.1. The number of carbonyl (C=O) groups excluding carboxylic acids is 1. The highest BCUT2D eigenvalue weighted by Gasteiger charge is 2.25. The number of carbonyl (C=O) groups is 1. The number of benzene rings is 1. The Morgan fingerprint density at radius 2 is 1.75 bits per heavy atom. The van der Waals surface area contributed by atoms with Crippen LogP contribution in [0.5, 0.6) is 11.8 Å². The highest BCUT2D eigenvalue weighted by molar-refractivity contribution is 5.95. The summed E-state index contributed by atoms with van der Waals surface area (Å²) >= 11 is 0. The summed E-state index contributed by atoms with van der Waals surface area (Å²) in [5.41, 5.74) is 1.27. The lowest BCUT2D eigenvalue weighted by Gasteiger charge is -2.29. The Balaban J connectivity index is 1.33. The van der Waals surface area contributed by atoms with Crippen LogP contribution in [0.3, 0.4) is 0 Å². The molecule has 1 aromatic carbocycles. The topological polar surface area (TPSA) is 86.2 Å². The molecule has 7 heteroatoms. The van der Waals surface area contributed by atoms with E-state index in [1.165, 1.54) is 0 Å². The van der Waals surface area contributed by atoms with Gasteiger partial charge in [0.25, 0.3) is 17.7 Å². The summed E-state index contributed by atoms with van der Waals surface area (Å²) in [6.45, 7) is 0. The van der Waals surface area contributed by atoms with E-state index in [1.807, 2.05) is 30.3 Å². The van der Waals surface area contributed by atoms with Crippen molar-refractivity contribution in [3.8, 4) is 11.8 Å². The van der Waals surface area contributed by atoms with Crippen molar-refractivity contribution in [1.82, 2.24) is 20.3 Å². The van der Waals surface area contributed by atoms with E-state index in [9.17, 15) is 4.79 Å². The minimum absolute atomic E-state index is 0.0394. The van der Waals surface area contributed by atoms with Crippen LogP contribution < -0.4 is 14.8 Å². The van der Waals surface area contributed by atoms with Crippen molar-refractivity contribution >= 4 is 16.8 Å². The van der Waals surface area contributed by atoms with E-state index < -0.39 is 0 Å². The van der Waals surface area contributed by atoms with E-state index in [1.54, 1.807) is 25.6 Å². The van der Waals surface area contributed by atoms with Gasteiger partial charge in [0.2, 0.25) is 0 Å². The molecule has 1 saturated carbocycles. The Morgan fingerprint density at radius 1 is 1.00 bits per heavy atom. The van der Waals surface area contributed by atoms with Crippen molar-refractivity contribution in [3.63, 3.8) is 0 Å². The standard InChI is InChI=1S/C21H22N4O3/c1-27-20-21(23-13-12-22-20)28-16-9-7-15(8-10-16)24-19(26)18-11-6-14-4-2-3-5-17(14)25-18/h2-6,11-13,15-16H,7-10H2,1H3,(H,24,26). The monoisotopic (exact) mass is 378 g/mol. The number of hydrogen-bond donors (Lipinski definition) is 1. The number of aromatic nitrogens is 3. The molecule has 0 spiro atoms. The first-order chi connectivity index (χ1) is 13.7. The first kappa shape index (κ1) is 18.2. The molecule has 0 bridgehead atoms. The van der Waals surface area contributed by atoms with Gasteiger partial charge in [0.05, 0.1) is 12.6 Å². The van der Waals surface area contributed by atoms with Crippen molar-refractivity contribution in [1.29, 1.82) is 0 Å². The number of amides is 1. The van der Waals surface area contributed by atoms with Gasteiger partial charge in [-0.15, -0.1) is 0 Å². The van der Waals surface area contributed by atoms with Gasteiger partial charge in [-0.25, -0.2) is 15.0 Å². The van der Waals surface area contributed by atoms with Gasteiger partial charge in [-0.3, -0.25) is 4.79 Å². The molecule has 1 amide bonds. The van der Waals surface area contributed by atoms with Gasteiger partial charge in [0.1, 0.15) is 11.8 Å². The van der Waals surface area contributed by atoms with E-state index in [0.29, 0.717) is 17.5 Å². The fraction of sp³-hybridized carbons (Fsp3) is 0.333. The van der Waals surface area contributed by atoms with Crippen molar-refractivity contribution < 1.29 is 14.3 Å². The Labute approximate surface area is 163 Å². The normalized spacial score (nSPS) is 19.2. The van der Waals surface area contributed by atoms with Crippen LogP contribution in [0.1, 0.15) is 36.2 Å². The quantitative estimate of drug-likeness (QED) is 0.734. The minimum atomic E-state index is -0.134. The predicted octanol–water partition coefficient (Wildman–Crippen LogP) is 3.15. The van der Waals surface area contributed by atoms with Gasteiger partial charge >= 0.3 is 0 Å². The molecule has 28 heavy (non-hydrogen) atoms. The molecule has 0 atom stereocenters. The first-order valence-electron chi connectivity index (χ1n) is 9.41. The average Bonchev–Trinajstić information content (AvgIpc) is 2.75. The fourth-order valence-corrected chi connectivity index (χ4v) is 3.47. The minimum Gasteiger partial charge on any atom is -0.477 e. The molecule has 4 rings (SSSR count). The van der Waals surface area contributed by atoms with Crippen LogP contribution in [-0.4, -0.2) is 40.1 Å². The Kier molecular flexibility index (Phi) is 5.32. The molecule has 0 unspecified atom stereocenters. The van der Waals surface area contributed by atoms with Gasteiger partial charge in [0, 0.05) is 23.8 Å². The van der Waals surface area contributed by atoms with E-state index >= 15 is 0 Å². The third-order valence-electron chi connectivity index (χ3n) is 4.95. The van der Waals surface area contributed by atoms with Crippen molar-refractivity contribution in [2.45, 2.75) is 37.8 Å². The van der Waals surface area contributed by atoms with E-state index in [2.05, 4.69) is 20.3 Å². The molecule has 1 fully saturated rings. The molecule has 0 aliphatic heterocycles. The summed E-state index contributed by atoms with van der Waals surface area (Å²) in [6.07, 6.45) is 6.53. The summed E-state index contributed by atoms with van der Waals surface area (Å²) in [7, 11) is 1.55. The second-order valence-electron chi connectivity index (χ2n) is 6.82. The predicted molar refractivity (Wildman–Crippen MR) is 104 cm³/mol. The molecule has 2 aromatic heterocycles. The number of hydrogen-bond acceptors (Lipinski definition) is 6. The van der Waals surface area contributed by atoms with Crippen LogP contribution in [0.2, 0.25) is 0 Å². The third kappa shape index (κ3) is 4.03. The number of pyridine rings is 1. The lowest BCUT2D eigenvalue weighted by Crippen LogP contribution is -2.40. The van der Waals surface area contributed by atoms with Crippen LogP contribution in [0.4, 0.5) is 0 Å². The van der Waals surface area contributed by atoms with Crippen LogP contribution in [0.25, 0.3) is 10.9 Å². The molecule has 144 valence electrons. The SMILES string of the molecule is COc1nccnc1OC1CCC(NC(=O)c2ccc3ccccc3n2)CC1. The van der Waals surface area contributed by atoms with Crippen LogP contribution in [-0.2, 0) is 0 Å². The smallest absolute Gasteiger partial charge is 0.278 e. The Bertz CT molecular complexity index is 971. The molecule has 1 aliphatic carbocycles. The molecular formula is C21H22N4O3. The number of nitrogens with zero attached hydrogens (tertiary/aromatic N) is 3. The number of methoxy groups -OCH3 is 1. The summed E-state index contributed by atoms with van der Waals surface area (Å²) in [6, 6.07) is 11.6. The maximum Gasteiger partial charge on any atom is 0.278 e. The highest BCUT2D eigenvalue weighted by atomic mass is 16.5. The molecule has 1 N–H and O–H groups in total. The number of rotatable bonds is 5. The van der Waals surface area contributed by atoms with E-state index in [4.69, 9.17) is 9.47 Å². The van der Waals surface area contributed by atoms with Gasteiger partial charge in [-0.2, -0.15) is 0 Å². The molecule has 2 heterocycles. The zero-order valence-corrected chi connectivity index (χ0v) is 15.7. The van der Waals surface area contributed by atoms with Crippen LogP contribution in [0.15, 0.2) is 48.8 Å². The van der Waals surface area contributed by atoms with Gasteiger partial charge < -0.3 is 14.8 Å². The zero-order valence-electron chi connectivity index (χ0n) is 15.7. The van der Waals surface area contributed by atoms with Crippen molar-refractivity contribution in [3.05, 3.63) is 54.5 Å². The largest absolute Gasteiger partial charge is 0.477 e.